The van der Waals surface area contributed by atoms with Gasteiger partial charge >= 0.3 is 0 Å². The van der Waals surface area contributed by atoms with Gasteiger partial charge in [-0.1, -0.05) is 23.1 Å². The van der Waals surface area contributed by atoms with Crippen LogP contribution in [0.3, 0.4) is 0 Å². The first-order valence-electron chi connectivity index (χ1n) is 8.54. The third-order valence-corrected chi connectivity index (χ3v) is 8.25. The Balaban J connectivity index is 1.35. The lowest BCUT2D eigenvalue weighted by Gasteiger charge is -2.02. The van der Waals surface area contributed by atoms with Crippen molar-refractivity contribution in [3.8, 4) is 0 Å². The molecule has 144 valence electrons. The zero-order valence-corrected chi connectivity index (χ0v) is 18.2. The summed E-state index contributed by atoms with van der Waals surface area (Å²) in [6.07, 6.45) is 3.19. The van der Waals surface area contributed by atoms with Crippen LogP contribution in [0.2, 0.25) is 0 Å². The number of halogens is 1. The summed E-state index contributed by atoms with van der Waals surface area (Å²) in [6, 6.07) is 10.3. The van der Waals surface area contributed by atoms with Crippen LogP contribution in [0.15, 0.2) is 45.6 Å². The van der Waals surface area contributed by atoms with Crippen LogP contribution in [0.4, 0.5) is 9.52 Å². The van der Waals surface area contributed by atoms with Gasteiger partial charge in [-0.25, -0.2) is 14.4 Å². The van der Waals surface area contributed by atoms with Crippen LogP contribution in [-0.2, 0) is 4.79 Å². The molecule has 2 heterocycles. The number of thiazole rings is 2. The summed E-state index contributed by atoms with van der Waals surface area (Å²) >= 11 is 6.40. The van der Waals surface area contributed by atoms with E-state index >= 15 is 0 Å². The van der Waals surface area contributed by atoms with E-state index in [0.717, 1.165) is 41.8 Å². The van der Waals surface area contributed by atoms with Crippen molar-refractivity contribution in [1.82, 2.24) is 9.97 Å². The van der Waals surface area contributed by atoms with Crippen LogP contribution >= 0.6 is 46.2 Å². The van der Waals surface area contributed by atoms with Crippen LogP contribution in [0.25, 0.3) is 20.4 Å². The maximum Gasteiger partial charge on any atom is 0.226 e. The van der Waals surface area contributed by atoms with E-state index in [1.807, 2.05) is 18.4 Å². The van der Waals surface area contributed by atoms with Gasteiger partial charge in [-0.15, -0.1) is 23.1 Å². The van der Waals surface area contributed by atoms with Gasteiger partial charge in [0, 0.05) is 11.3 Å². The SMILES string of the molecule is CSc1nc2ccc3nc(NC(=O)CCCSc4ccc(F)cc4)sc3c2s1. The number of anilines is 1. The van der Waals surface area contributed by atoms with E-state index in [4.69, 9.17) is 0 Å². The first-order chi connectivity index (χ1) is 13.6. The van der Waals surface area contributed by atoms with Gasteiger partial charge in [-0.05, 0) is 54.8 Å². The fourth-order valence-corrected chi connectivity index (χ4v) is 6.16. The van der Waals surface area contributed by atoms with Crippen LogP contribution in [0.1, 0.15) is 12.8 Å². The molecule has 0 unspecified atom stereocenters. The Hall–Kier alpha value is -1.68. The Labute approximate surface area is 178 Å². The van der Waals surface area contributed by atoms with Crippen molar-refractivity contribution in [3.05, 3.63) is 42.2 Å². The quantitative estimate of drug-likeness (QED) is 0.266. The molecule has 0 saturated carbocycles. The Morgan fingerprint density at radius 1 is 1.07 bits per heavy atom. The average molecular weight is 450 g/mol. The summed E-state index contributed by atoms with van der Waals surface area (Å²) in [5.41, 5.74) is 1.86. The summed E-state index contributed by atoms with van der Waals surface area (Å²) in [6.45, 7) is 0. The Kier molecular flexibility index (Phi) is 6.15. The zero-order valence-electron chi connectivity index (χ0n) is 14.9. The molecule has 1 amide bonds. The molecule has 0 bridgehead atoms. The highest BCUT2D eigenvalue weighted by Crippen LogP contribution is 2.38. The molecule has 9 heteroatoms. The number of hydrogen-bond acceptors (Lipinski definition) is 7. The summed E-state index contributed by atoms with van der Waals surface area (Å²) in [7, 11) is 0. The Bertz CT molecular complexity index is 1120. The van der Waals surface area contributed by atoms with Crippen molar-refractivity contribution in [2.45, 2.75) is 22.1 Å². The van der Waals surface area contributed by atoms with Gasteiger partial charge in [0.15, 0.2) is 9.47 Å². The lowest BCUT2D eigenvalue weighted by molar-refractivity contribution is -0.116. The number of fused-ring (bicyclic) bond motifs is 3. The molecule has 0 spiro atoms. The van der Waals surface area contributed by atoms with E-state index in [9.17, 15) is 9.18 Å². The van der Waals surface area contributed by atoms with Crippen molar-refractivity contribution in [2.75, 3.05) is 17.3 Å². The van der Waals surface area contributed by atoms with Gasteiger partial charge in [0.1, 0.15) is 5.82 Å². The van der Waals surface area contributed by atoms with Gasteiger partial charge in [0.2, 0.25) is 5.91 Å². The lowest BCUT2D eigenvalue weighted by atomic mass is 10.3. The van der Waals surface area contributed by atoms with E-state index < -0.39 is 0 Å². The third-order valence-electron chi connectivity index (χ3n) is 3.94. The predicted molar refractivity (Wildman–Crippen MR) is 120 cm³/mol. The number of aromatic nitrogens is 2. The first kappa shape index (κ1) is 19.6. The summed E-state index contributed by atoms with van der Waals surface area (Å²) in [5.74, 6) is 0.529. The second-order valence-electron chi connectivity index (χ2n) is 5.92. The van der Waals surface area contributed by atoms with Crippen LogP contribution in [0, 0.1) is 5.82 Å². The highest BCUT2D eigenvalue weighted by molar-refractivity contribution is 8.00. The number of carbonyl (C=O) groups is 1. The van der Waals surface area contributed by atoms with Crippen molar-refractivity contribution in [2.24, 2.45) is 0 Å². The largest absolute Gasteiger partial charge is 0.302 e. The van der Waals surface area contributed by atoms with E-state index in [0.29, 0.717) is 11.6 Å². The maximum absolute atomic E-state index is 12.9. The van der Waals surface area contributed by atoms with E-state index in [-0.39, 0.29) is 11.7 Å². The number of amides is 1. The highest BCUT2D eigenvalue weighted by atomic mass is 32.2. The Morgan fingerprint density at radius 3 is 2.54 bits per heavy atom. The molecule has 0 saturated heterocycles. The third kappa shape index (κ3) is 4.48. The number of nitrogens with zero attached hydrogens (tertiary/aromatic N) is 2. The van der Waals surface area contributed by atoms with Crippen molar-refractivity contribution < 1.29 is 9.18 Å². The van der Waals surface area contributed by atoms with Gasteiger partial charge in [0.05, 0.1) is 20.4 Å². The summed E-state index contributed by atoms with van der Waals surface area (Å²) < 4.78 is 16.1. The van der Waals surface area contributed by atoms with Crippen LogP contribution < -0.4 is 5.32 Å². The van der Waals surface area contributed by atoms with Crippen LogP contribution in [-0.4, -0.2) is 27.9 Å². The molecule has 0 aliphatic rings. The predicted octanol–water partition coefficient (Wildman–Crippen LogP) is 6.28. The molecule has 0 radical (unpaired) electrons. The number of carbonyl (C=O) groups excluding carboxylic acids is 1. The molecule has 0 aliphatic carbocycles. The fraction of sp³-hybridized carbons (Fsp3) is 0.211. The molecular weight excluding hydrogens is 433 g/mol. The topological polar surface area (TPSA) is 54.9 Å². The van der Waals surface area contributed by atoms with E-state index in [2.05, 4.69) is 15.3 Å². The van der Waals surface area contributed by atoms with E-state index in [1.54, 1.807) is 47.0 Å². The van der Waals surface area contributed by atoms with Crippen LogP contribution in [0.5, 0.6) is 0 Å². The number of benzene rings is 2. The fourth-order valence-electron chi connectivity index (χ4n) is 2.63. The molecule has 0 aliphatic heterocycles. The number of nitrogens with one attached hydrogen (secondary N) is 1. The molecule has 28 heavy (non-hydrogen) atoms. The van der Waals surface area contributed by atoms with Crippen molar-refractivity contribution in [1.29, 1.82) is 0 Å². The molecule has 2 aromatic heterocycles. The standard InChI is InChI=1S/C19H16FN3OS4/c1-25-19-22-14-9-8-13-16(17(14)28-19)27-18(21-13)23-15(24)3-2-10-26-12-6-4-11(20)5-7-12/h4-9H,2-3,10H2,1H3,(H,21,23,24). The van der Waals surface area contributed by atoms with Crippen molar-refractivity contribution in [3.63, 3.8) is 0 Å². The minimum atomic E-state index is -0.236. The normalized spacial score (nSPS) is 11.4. The molecule has 0 fully saturated rings. The highest BCUT2D eigenvalue weighted by Gasteiger charge is 2.13. The average Bonchev–Trinajstić information content (AvgIpc) is 3.29. The number of hydrogen-bond donors (Lipinski definition) is 1. The number of rotatable bonds is 7. The first-order valence-corrected chi connectivity index (χ1v) is 12.4. The molecule has 4 rings (SSSR count). The molecule has 4 nitrogen and oxygen atoms in total. The molecule has 4 aromatic rings. The lowest BCUT2D eigenvalue weighted by Crippen LogP contribution is -2.11. The maximum atomic E-state index is 12.9. The van der Waals surface area contributed by atoms with Gasteiger partial charge < -0.3 is 5.32 Å². The minimum absolute atomic E-state index is 0.0379. The van der Waals surface area contributed by atoms with Gasteiger partial charge in [0.25, 0.3) is 0 Å². The molecule has 2 aromatic carbocycles. The van der Waals surface area contributed by atoms with E-state index in [1.165, 1.54) is 23.5 Å². The van der Waals surface area contributed by atoms with Gasteiger partial charge in [-0.2, -0.15) is 0 Å². The smallest absolute Gasteiger partial charge is 0.226 e. The minimum Gasteiger partial charge on any atom is -0.302 e. The van der Waals surface area contributed by atoms with Gasteiger partial charge in [-0.3, -0.25) is 4.79 Å². The zero-order chi connectivity index (χ0) is 19.5. The summed E-state index contributed by atoms with van der Waals surface area (Å²) in [5, 5.41) is 3.53. The second-order valence-corrected chi connectivity index (χ2v) is 10.1. The number of thioether (sulfide) groups is 2. The summed E-state index contributed by atoms with van der Waals surface area (Å²) in [4.78, 5) is 22.4. The van der Waals surface area contributed by atoms with Crippen molar-refractivity contribution >= 4 is 77.7 Å². The molecular formula is C19H16FN3OS4. The Morgan fingerprint density at radius 2 is 1.79 bits per heavy atom. The monoisotopic (exact) mass is 449 g/mol. The molecule has 1 N–H and O–H groups in total. The molecule has 0 atom stereocenters. The second kappa shape index (κ2) is 8.77.